The summed E-state index contributed by atoms with van der Waals surface area (Å²) in [5.74, 6) is 0. The van der Waals surface area contributed by atoms with Gasteiger partial charge in [-0.15, -0.1) is 0 Å². The first-order chi connectivity index (χ1) is 11.7. The molecule has 25 heavy (non-hydrogen) atoms. The fourth-order valence-electron chi connectivity index (χ4n) is 3.03. The quantitative estimate of drug-likeness (QED) is 0.803. The number of carbonyl (C=O) groups excluding carboxylic acids is 1. The number of hydrogen-bond donors (Lipinski definition) is 2. The number of nitrogen functional groups attached to an aromatic ring is 1. The van der Waals surface area contributed by atoms with Crippen molar-refractivity contribution in [2.45, 2.75) is 51.8 Å². The van der Waals surface area contributed by atoms with Crippen LogP contribution in [0, 0.1) is 0 Å². The molecule has 1 aliphatic rings. The maximum Gasteiger partial charge on any atom is 0.318 e. The van der Waals surface area contributed by atoms with Crippen LogP contribution in [0.4, 0.5) is 16.2 Å². The summed E-state index contributed by atoms with van der Waals surface area (Å²) in [6.45, 7) is 7.83. The van der Waals surface area contributed by atoms with Crippen LogP contribution in [-0.4, -0.2) is 49.8 Å². The Labute approximate surface area is 151 Å². The van der Waals surface area contributed by atoms with Crippen molar-refractivity contribution in [1.29, 1.82) is 0 Å². The molecule has 0 bridgehead atoms. The molecule has 1 fully saturated rings. The zero-order valence-corrected chi connectivity index (χ0v) is 16.1. The van der Waals surface area contributed by atoms with Crippen LogP contribution in [0.2, 0.25) is 0 Å². The number of anilines is 2. The number of hydrogen-bond acceptors (Lipinski definition) is 4. The molecule has 6 nitrogen and oxygen atoms in total. The lowest BCUT2D eigenvalue weighted by Crippen LogP contribution is -2.50. The van der Waals surface area contributed by atoms with Gasteiger partial charge in [-0.3, -0.25) is 0 Å². The van der Waals surface area contributed by atoms with Gasteiger partial charge >= 0.3 is 6.03 Å². The third-order valence-electron chi connectivity index (χ3n) is 4.16. The summed E-state index contributed by atoms with van der Waals surface area (Å²) in [5.41, 5.74) is 8.50. The Bertz CT molecular complexity index is 590. The molecule has 2 amide bonds. The maximum absolute atomic E-state index is 12.8. The van der Waals surface area contributed by atoms with E-state index >= 15 is 0 Å². The van der Waals surface area contributed by atoms with Crippen molar-refractivity contribution in [3.05, 3.63) is 23.8 Å². The van der Waals surface area contributed by atoms with Gasteiger partial charge in [-0.05, 0) is 57.4 Å². The molecule has 3 N–H and O–H groups in total. The number of nitrogens with two attached hydrogens (primary N) is 1. The predicted molar refractivity (Wildman–Crippen MR) is 103 cm³/mol. The SMILES string of the molecule is CN(C)c1ccc(N)cc1CN(CC1CCCO1)C(=O)NC(C)(C)C. The highest BCUT2D eigenvalue weighted by molar-refractivity contribution is 5.75. The number of amides is 2. The van der Waals surface area contributed by atoms with E-state index in [1.54, 1.807) is 0 Å². The van der Waals surface area contributed by atoms with Gasteiger partial charge in [0.15, 0.2) is 0 Å². The molecular weight excluding hydrogens is 316 g/mol. The number of benzene rings is 1. The average molecular weight is 348 g/mol. The lowest BCUT2D eigenvalue weighted by atomic mass is 10.1. The second kappa shape index (κ2) is 7.95. The number of carbonyl (C=O) groups is 1. The minimum absolute atomic E-state index is 0.0740. The number of ether oxygens (including phenoxy) is 1. The van der Waals surface area contributed by atoms with Gasteiger partial charge in [0.05, 0.1) is 6.10 Å². The van der Waals surface area contributed by atoms with E-state index in [2.05, 4.69) is 5.32 Å². The Morgan fingerprint density at radius 2 is 2.08 bits per heavy atom. The second-order valence-electron chi connectivity index (χ2n) is 7.98. The molecular formula is C19H32N4O2. The van der Waals surface area contributed by atoms with Gasteiger partial charge in [0.25, 0.3) is 0 Å². The van der Waals surface area contributed by atoms with Crippen molar-refractivity contribution in [2.24, 2.45) is 0 Å². The zero-order valence-electron chi connectivity index (χ0n) is 16.1. The topological polar surface area (TPSA) is 70.8 Å². The van der Waals surface area contributed by atoms with E-state index in [1.807, 2.05) is 62.9 Å². The second-order valence-corrected chi connectivity index (χ2v) is 7.98. The first-order valence-corrected chi connectivity index (χ1v) is 8.90. The van der Waals surface area contributed by atoms with Crippen molar-refractivity contribution in [2.75, 3.05) is 37.9 Å². The van der Waals surface area contributed by atoms with Crippen LogP contribution in [0.5, 0.6) is 0 Å². The highest BCUT2D eigenvalue weighted by atomic mass is 16.5. The third-order valence-corrected chi connectivity index (χ3v) is 4.16. The minimum atomic E-state index is -0.286. The fourth-order valence-corrected chi connectivity index (χ4v) is 3.03. The third kappa shape index (κ3) is 5.81. The monoisotopic (exact) mass is 348 g/mol. The minimum Gasteiger partial charge on any atom is -0.399 e. The molecule has 1 saturated heterocycles. The van der Waals surface area contributed by atoms with E-state index < -0.39 is 0 Å². The van der Waals surface area contributed by atoms with Crippen molar-refractivity contribution < 1.29 is 9.53 Å². The Balaban J connectivity index is 2.22. The summed E-state index contributed by atoms with van der Waals surface area (Å²) in [4.78, 5) is 16.7. The summed E-state index contributed by atoms with van der Waals surface area (Å²) in [5, 5.41) is 3.06. The van der Waals surface area contributed by atoms with E-state index in [-0.39, 0.29) is 17.7 Å². The number of urea groups is 1. The number of rotatable bonds is 5. The standard InChI is InChI=1S/C19H32N4O2/c1-19(2,3)21-18(24)23(13-16-7-6-10-25-16)12-14-11-15(20)8-9-17(14)22(4)5/h8-9,11,16H,6-7,10,12-13,20H2,1-5H3,(H,21,24). The van der Waals surface area contributed by atoms with Crippen molar-refractivity contribution in [1.82, 2.24) is 10.2 Å². The Morgan fingerprint density at radius 1 is 1.36 bits per heavy atom. The van der Waals surface area contributed by atoms with Gasteiger partial charge in [-0.1, -0.05) is 0 Å². The predicted octanol–water partition coefficient (Wildman–Crippen LogP) is 2.82. The number of nitrogens with zero attached hydrogens (tertiary/aromatic N) is 2. The highest BCUT2D eigenvalue weighted by Crippen LogP contribution is 2.24. The van der Waals surface area contributed by atoms with E-state index in [4.69, 9.17) is 10.5 Å². The highest BCUT2D eigenvalue weighted by Gasteiger charge is 2.26. The number of nitrogens with one attached hydrogen (secondary N) is 1. The summed E-state index contributed by atoms with van der Waals surface area (Å²) >= 11 is 0. The molecule has 6 heteroatoms. The summed E-state index contributed by atoms with van der Waals surface area (Å²) in [6, 6.07) is 5.76. The summed E-state index contributed by atoms with van der Waals surface area (Å²) in [7, 11) is 3.99. The van der Waals surface area contributed by atoms with Crippen molar-refractivity contribution in [3.8, 4) is 0 Å². The molecule has 0 saturated carbocycles. The van der Waals surface area contributed by atoms with E-state index in [0.717, 1.165) is 30.7 Å². The van der Waals surface area contributed by atoms with E-state index in [1.165, 1.54) is 0 Å². The Morgan fingerprint density at radius 3 is 2.64 bits per heavy atom. The smallest absolute Gasteiger partial charge is 0.318 e. The molecule has 1 unspecified atom stereocenters. The van der Waals surface area contributed by atoms with Gasteiger partial charge in [-0.2, -0.15) is 0 Å². The summed E-state index contributed by atoms with van der Waals surface area (Å²) in [6.07, 6.45) is 2.16. The van der Waals surface area contributed by atoms with Gasteiger partial charge in [0, 0.05) is 50.7 Å². The molecule has 1 atom stereocenters. The van der Waals surface area contributed by atoms with Crippen LogP contribution in [0.15, 0.2) is 18.2 Å². The lowest BCUT2D eigenvalue weighted by Gasteiger charge is -2.31. The van der Waals surface area contributed by atoms with Crippen LogP contribution in [0.25, 0.3) is 0 Å². The van der Waals surface area contributed by atoms with E-state index in [9.17, 15) is 4.79 Å². The van der Waals surface area contributed by atoms with Gasteiger partial charge < -0.3 is 25.6 Å². The zero-order chi connectivity index (χ0) is 18.6. The molecule has 0 aromatic heterocycles. The molecule has 2 rings (SSSR count). The van der Waals surface area contributed by atoms with Crippen LogP contribution in [0.3, 0.4) is 0 Å². The molecule has 1 aromatic rings. The molecule has 0 aliphatic carbocycles. The Hall–Kier alpha value is -1.95. The van der Waals surface area contributed by atoms with Crippen LogP contribution < -0.4 is 16.0 Å². The van der Waals surface area contributed by atoms with Crippen LogP contribution >= 0.6 is 0 Å². The molecule has 1 aliphatic heterocycles. The molecule has 140 valence electrons. The van der Waals surface area contributed by atoms with Crippen molar-refractivity contribution >= 4 is 17.4 Å². The fraction of sp³-hybridized carbons (Fsp3) is 0.632. The van der Waals surface area contributed by atoms with Gasteiger partial charge in [-0.25, -0.2) is 4.79 Å². The first kappa shape index (κ1) is 19.4. The van der Waals surface area contributed by atoms with Crippen LogP contribution in [-0.2, 0) is 11.3 Å². The Kier molecular flexibility index (Phi) is 6.16. The molecule has 1 heterocycles. The lowest BCUT2D eigenvalue weighted by molar-refractivity contribution is 0.0782. The van der Waals surface area contributed by atoms with Gasteiger partial charge in [0.2, 0.25) is 0 Å². The largest absolute Gasteiger partial charge is 0.399 e. The molecule has 1 aromatic carbocycles. The van der Waals surface area contributed by atoms with Crippen LogP contribution in [0.1, 0.15) is 39.2 Å². The molecule has 0 radical (unpaired) electrons. The normalized spacial score (nSPS) is 17.4. The first-order valence-electron chi connectivity index (χ1n) is 8.90. The summed E-state index contributed by atoms with van der Waals surface area (Å²) < 4.78 is 5.75. The maximum atomic E-state index is 12.8. The van der Waals surface area contributed by atoms with E-state index in [0.29, 0.717) is 18.8 Å². The average Bonchev–Trinajstić information content (AvgIpc) is 2.97. The van der Waals surface area contributed by atoms with Gasteiger partial charge in [0.1, 0.15) is 0 Å². The van der Waals surface area contributed by atoms with Crippen molar-refractivity contribution in [3.63, 3.8) is 0 Å². The molecule has 0 spiro atoms.